The standard InChI is InChI=1S/C14H20F3N3O2/c1-18-13(19-7-6-14(15,16)17)20-9-10-4-5-11(21-2)8-12(10)22-3/h4-5,8H,6-7,9H2,1-3H3,(H2,18,19,20). The zero-order chi connectivity index (χ0) is 16.6. The largest absolute Gasteiger partial charge is 0.497 e. The third-order valence-corrected chi connectivity index (χ3v) is 2.87. The maximum atomic E-state index is 12.1. The number of aliphatic imine (C=N–C) groups is 1. The summed E-state index contributed by atoms with van der Waals surface area (Å²) in [6.45, 7) is 0.127. The van der Waals surface area contributed by atoms with Crippen molar-refractivity contribution in [1.82, 2.24) is 10.6 Å². The normalized spacial score (nSPS) is 12.0. The summed E-state index contributed by atoms with van der Waals surface area (Å²) in [5.41, 5.74) is 0.835. The molecule has 0 unspecified atom stereocenters. The van der Waals surface area contributed by atoms with E-state index in [0.29, 0.717) is 24.0 Å². The Balaban J connectivity index is 2.56. The van der Waals surface area contributed by atoms with E-state index >= 15 is 0 Å². The van der Waals surface area contributed by atoms with Gasteiger partial charge >= 0.3 is 6.18 Å². The molecule has 124 valence electrons. The molecule has 0 bridgehead atoms. The summed E-state index contributed by atoms with van der Waals surface area (Å²) < 4.78 is 46.7. The second kappa shape index (κ2) is 8.35. The fourth-order valence-corrected chi connectivity index (χ4v) is 1.72. The van der Waals surface area contributed by atoms with Crippen LogP contribution in [0.4, 0.5) is 13.2 Å². The van der Waals surface area contributed by atoms with E-state index in [1.54, 1.807) is 19.2 Å². The molecule has 2 N–H and O–H groups in total. The van der Waals surface area contributed by atoms with E-state index in [4.69, 9.17) is 9.47 Å². The number of rotatable bonds is 6. The van der Waals surface area contributed by atoms with Crippen LogP contribution in [0.3, 0.4) is 0 Å². The number of halogens is 3. The zero-order valence-corrected chi connectivity index (χ0v) is 12.8. The summed E-state index contributed by atoms with van der Waals surface area (Å²) in [6.07, 6.45) is -5.11. The summed E-state index contributed by atoms with van der Waals surface area (Å²) in [5, 5.41) is 5.54. The minimum Gasteiger partial charge on any atom is -0.497 e. The van der Waals surface area contributed by atoms with Gasteiger partial charge in [0, 0.05) is 31.8 Å². The summed E-state index contributed by atoms with van der Waals surface area (Å²) in [5.74, 6) is 1.58. The monoisotopic (exact) mass is 319 g/mol. The summed E-state index contributed by atoms with van der Waals surface area (Å²) in [4.78, 5) is 3.87. The van der Waals surface area contributed by atoms with Gasteiger partial charge < -0.3 is 20.1 Å². The predicted octanol–water partition coefficient (Wildman–Crippen LogP) is 2.32. The molecule has 0 heterocycles. The molecule has 0 spiro atoms. The second-order valence-corrected chi connectivity index (χ2v) is 4.40. The van der Waals surface area contributed by atoms with Gasteiger partial charge in [-0.1, -0.05) is 0 Å². The Bertz CT molecular complexity index is 505. The molecule has 0 atom stereocenters. The Morgan fingerprint density at radius 1 is 1.18 bits per heavy atom. The second-order valence-electron chi connectivity index (χ2n) is 4.40. The number of methoxy groups -OCH3 is 2. The van der Waals surface area contributed by atoms with Crippen LogP contribution in [0.15, 0.2) is 23.2 Å². The quantitative estimate of drug-likeness (QED) is 0.624. The molecule has 0 saturated carbocycles. The number of nitrogens with one attached hydrogen (secondary N) is 2. The van der Waals surface area contributed by atoms with Gasteiger partial charge in [-0.3, -0.25) is 4.99 Å². The van der Waals surface area contributed by atoms with Crippen LogP contribution >= 0.6 is 0 Å². The molecule has 0 fully saturated rings. The van der Waals surface area contributed by atoms with Gasteiger partial charge in [0.15, 0.2) is 5.96 Å². The van der Waals surface area contributed by atoms with Crippen molar-refractivity contribution in [3.05, 3.63) is 23.8 Å². The SMILES string of the molecule is CN=C(NCCC(F)(F)F)NCc1ccc(OC)cc1OC. The molecule has 0 aliphatic rings. The topological polar surface area (TPSA) is 54.9 Å². The Kier molecular flexibility index (Phi) is 6.81. The fourth-order valence-electron chi connectivity index (χ4n) is 1.72. The van der Waals surface area contributed by atoms with E-state index in [9.17, 15) is 13.2 Å². The third kappa shape index (κ3) is 6.11. The zero-order valence-electron chi connectivity index (χ0n) is 12.8. The van der Waals surface area contributed by atoms with Crippen LogP contribution < -0.4 is 20.1 Å². The maximum absolute atomic E-state index is 12.1. The van der Waals surface area contributed by atoms with E-state index in [-0.39, 0.29) is 6.54 Å². The lowest BCUT2D eigenvalue weighted by atomic mass is 10.2. The first-order valence-electron chi connectivity index (χ1n) is 6.61. The van der Waals surface area contributed by atoms with Gasteiger partial charge in [-0.25, -0.2) is 0 Å². The average Bonchev–Trinajstić information content (AvgIpc) is 2.49. The van der Waals surface area contributed by atoms with E-state index in [0.717, 1.165) is 5.56 Å². The molecule has 0 amide bonds. The highest BCUT2D eigenvalue weighted by Crippen LogP contribution is 2.24. The minimum absolute atomic E-state index is 0.233. The molecular weight excluding hydrogens is 299 g/mol. The fraction of sp³-hybridized carbons (Fsp3) is 0.500. The Morgan fingerprint density at radius 2 is 1.91 bits per heavy atom. The van der Waals surface area contributed by atoms with Crippen LogP contribution in [0.1, 0.15) is 12.0 Å². The molecule has 0 radical (unpaired) electrons. The highest BCUT2D eigenvalue weighted by Gasteiger charge is 2.26. The Hall–Kier alpha value is -2.12. The van der Waals surface area contributed by atoms with Gasteiger partial charge in [0.1, 0.15) is 11.5 Å². The summed E-state index contributed by atoms with van der Waals surface area (Å²) in [7, 11) is 4.59. The first-order chi connectivity index (χ1) is 10.4. The number of ether oxygens (including phenoxy) is 2. The van der Waals surface area contributed by atoms with Crippen molar-refractivity contribution in [3.63, 3.8) is 0 Å². The van der Waals surface area contributed by atoms with E-state index in [2.05, 4.69) is 15.6 Å². The van der Waals surface area contributed by atoms with Gasteiger partial charge in [-0.15, -0.1) is 0 Å². The molecule has 0 aliphatic carbocycles. The lowest BCUT2D eigenvalue weighted by Gasteiger charge is -2.15. The van der Waals surface area contributed by atoms with E-state index < -0.39 is 12.6 Å². The van der Waals surface area contributed by atoms with E-state index in [1.807, 2.05) is 6.07 Å². The molecule has 1 aromatic rings. The van der Waals surface area contributed by atoms with Gasteiger partial charge in [-0.2, -0.15) is 13.2 Å². The first kappa shape index (κ1) is 17.9. The van der Waals surface area contributed by atoms with Crippen LogP contribution in [0.25, 0.3) is 0 Å². The summed E-state index contributed by atoms with van der Waals surface area (Å²) in [6, 6.07) is 5.32. The average molecular weight is 319 g/mol. The molecule has 8 heteroatoms. The van der Waals surface area contributed by atoms with Crippen molar-refractivity contribution in [2.75, 3.05) is 27.8 Å². The number of alkyl halides is 3. The maximum Gasteiger partial charge on any atom is 0.390 e. The lowest BCUT2D eigenvalue weighted by molar-refractivity contribution is -0.132. The molecule has 0 aliphatic heterocycles. The van der Waals surface area contributed by atoms with Crippen LogP contribution in [0.2, 0.25) is 0 Å². The van der Waals surface area contributed by atoms with Crippen molar-refractivity contribution >= 4 is 5.96 Å². The van der Waals surface area contributed by atoms with Gasteiger partial charge in [-0.05, 0) is 12.1 Å². The molecule has 1 rings (SSSR count). The van der Waals surface area contributed by atoms with Crippen LogP contribution in [-0.4, -0.2) is 39.9 Å². The highest BCUT2D eigenvalue weighted by atomic mass is 19.4. The molecule has 1 aromatic carbocycles. The van der Waals surface area contributed by atoms with Crippen LogP contribution in [0.5, 0.6) is 11.5 Å². The lowest BCUT2D eigenvalue weighted by Crippen LogP contribution is -2.38. The number of hydrogen-bond donors (Lipinski definition) is 2. The van der Waals surface area contributed by atoms with Crippen molar-refractivity contribution in [1.29, 1.82) is 0 Å². The van der Waals surface area contributed by atoms with Gasteiger partial charge in [0.05, 0.1) is 20.6 Å². The van der Waals surface area contributed by atoms with Crippen molar-refractivity contribution < 1.29 is 22.6 Å². The van der Waals surface area contributed by atoms with Gasteiger partial charge in [0.25, 0.3) is 0 Å². The molecule has 22 heavy (non-hydrogen) atoms. The Morgan fingerprint density at radius 3 is 2.45 bits per heavy atom. The van der Waals surface area contributed by atoms with Crippen LogP contribution in [0, 0.1) is 0 Å². The number of hydrogen-bond acceptors (Lipinski definition) is 3. The van der Waals surface area contributed by atoms with Crippen LogP contribution in [-0.2, 0) is 6.54 Å². The molecule has 5 nitrogen and oxygen atoms in total. The minimum atomic E-state index is -4.19. The summed E-state index contributed by atoms with van der Waals surface area (Å²) >= 11 is 0. The third-order valence-electron chi connectivity index (χ3n) is 2.87. The Labute approximate surface area is 127 Å². The smallest absolute Gasteiger partial charge is 0.390 e. The first-order valence-corrected chi connectivity index (χ1v) is 6.61. The number of guanidine groups is 1. The highest BCUT2D eigenvalue weighted by molar-refractivity contribution is 5.79. The number of benzene rings is 1. The van der Waals surface area contributed by atoms with Crippen molar-refractivity contribution in [2.24, 2.45) is 4.99 Å². The molecular formula is C14H20F3N3O2. The van der Waals surface area contributed by atoms with Gasteiger partial charge in [0.2, 0.25) is 0 Å². The van der Waals surface area contributed by atoms with Crippen molar-refractivity contribution in [2.45, 2.75) is 19.1 Å². The molecule has 0 saturated heterocycles. The van der Waals surface area contributed by atoms with E-state index in [1.165, 1.54) is 14.2 Å². The molecule has 0 aromatic heterocycles. The van der Waals surface area contributed by atoms with Crippen molar-refractivity contribution in [3.8, 4) is 11.5 Å². The number of nitrogens with zero attached hydrogens (tertiary/aromatic N) is 1. The predicted molar refractivity (Wildman–Crippen MR) is 78.4 cm³/mol.